The fourth-order valence-corrected chi connectivity index (χ4v) is 3.22. The maximum absolute atomic E-state index is 10.9. The van der Waals surface area contributed by atoms with Crippen LogP contribution in [-0.2, 0) is 10.3 Å². The third-order valence-electron chi connectivity index (χ3n) is 4.24. The molecular weight excluding hydrogens is 224 g/mol. The van der Waals surface area contributed by atoms with Crippen LogP contribution in [0.4, 0.5) is 0 Å². The molecule has 2 fully saturated rings. The molecule has 0 radical (unpaired) electrons. The summed E-state index contributed by atoms with van der Waals surface area (Å²) < 4.78 is 5.80. The molecule has 1 N–H and O–H groups in total. The first-order chi connectivity index (χ1) is 8.57. The minimum absolute atomic E-state index is 0.245. The van der Waals surface area contributed by atoms with E-state index >= 15 is 0 Å². The molecule has 2 heterocycles. The van der Waals surface area contributed by atoms with E-state index < -0.39 is 5.60 Å². The maximum atomic E-state index is 10.9. The molecule has 2 unspecified atom stereocenters. The van der Waals surface area contributed by atoms with Crippen molar-refractivity contribution in [2.45, 2.75) is 50.4 Å². The van der Waals surface area contributed by atoms with E-state index in [1.54, 1.807) is 0 Å². The number of aliphatic hydroxyl groups is 1. The van der Waals surface area contributed by atoms with Crippen molar-refractivity contribution in [1.82, 2.24) is 0 Å². The zero-order valence-corrected chi connectivity index (χ0v) is 10.9. The lowest BCUT2D eigenvalue weighted by molar-refractivity contribution is -0.115. The largest absolute Gasteiger partial charge is 0.385 e. The Hall–Kier alpha value is -1.12. The Kier molecular flexibility index (Phi) is 2.80. The number of hydrogen-bond acceptors (Lipinski definition) is 2. The highest BCUT2D eigenvalue weighted by Gasteiger charge is 2.44. The van der Waals surface area contributed by atoms with Crippen molar-refractivity contribution >= 4 is 5.57 Å². The van der Waals surface area contributed by atoms with Gasteiger partial charge in [0.15, 0.2) is 0 Å². The van der Waals surface area contributed by atoms with E-state index in [1.807, 2.05) is 31.2 Å². The fourth-order valence-electron chi connectivity index (χ4n) is 3.22. The van der Waals surface area contributed by atoms with Crippen molar-refractivity contribution in [3.8, 4) is 0 Å². The van der Waals surface area contributed by atoms with E-state index in [-0.39, 0.29) is 12.2 Å². The van der Waals surface area contributed by atoms with Crippen LogP contribution in [0.5, 0.6) is 0 Å². The molecule has 3 rings (SSSR count). The van der Waals surface area contributed by atoms with Crippen molar-refractivity contribution < 1.29 is 9.84 Å². The second-order valence-electron chi connectivity index (χ2n) is 5.75. The van der Waals surface area contributed by atoms with Crippen LogP contribution < -0.4 is 0 Å². The topological polar surface area (TPSA) is 29.5 Å². The summed E-state index contributed by atoms with van der Waals surface area (Å²) in [6.07, 6.45) is 4.14. The zero-order chi connectivity index (χ0) is 12.8. The Balaban J connectivity index is 1.87. The minimum atomic E-state index is -0.697. The van der Waals surface area contributed by atoms with Crippen LogP contribution in [0, 0.1) is 0 Å². The van der Waals surface area contributed by atoms with Gasteiger partial charge in [-0.25, -0.2) is 0 Å². The normalized spacial score (nSPS) is 34.6. The number of allylic oxidation sites excluding steroid dienone is 1. The van der Waals surface area contributed by atoms with Crippen LogP contribution >= 0.6 is 0 Å². The van der Waals surface area contributed by atoms with Gasteiger partial charge >= 0.3 is 0 Å². The average molecular weight is 244 g/mol. The first kappa shape index (κ1) is 11.9. The number of ether oxygens (including phenoxy) is 1. The lowest BCUT2D eigenvalue weighted by atomic mass is 9.83. The molecule has 2 nitrogen and oxygen atoms in total. The number of benzene rings is 1. The third kappa shape index (κ3) is 2.00. The summed E-state index contributed by atoms with van der Waals surface area (Å²) in [4.78, 5) is 0. The lowest BCUT2D eigenvalue weighted by Crippen LogP contribution is -2.38. The van der Waals surface area contributed by atoms with Crippen LogP contribution in [0.15, 0.2) is 30.8 Å². The van der Waals surface area contributed by atoms with Crippen LogP contribution in [0.3, 0.4) is 0 Å². The second kappa shape index (κ2) is 4.22. The number of hydrogen-bond donors (Lipinski definition) is 1. The number of rotatable bonds is 2. The molecule has 1 aromatic rings. The van der Waals surface area contributed by atoms with Gasteiger partial charge in [0.2, 0.25) is 0 Å². The summed E-state index contributed by atoms with van der Waals surface area (Å²) in [5.41, 5.74) is 2.52. The molecule has 0 saturated carbocycles. The third-order valence-corrected chi connectivity index (χ3v) is 4.24. The molecule has 2 aliphatic heterocycles. The Labute approximate surface area is 108 Å². The van der Waals surface area contributed by atoms with Crippen LogP contribution in [0.2, 0.25) is 0 Å². The van der Waals surface area contributed by atoms with Gasteiger partial charge in [0.05, 0.1) is 17.8 Å². The standard InChI is InChI=1S/C16H20O2/c1-11(2)12-3-5-13(6-4-12)16(17)9-14-7-8-15(10-16)18-14/h3-6,14-15,17H,1,7-10H2,2H3. The monoisotopic (exact) mass is 244 g/mol. The van der Waals surface area contributed by atoms with E-state index in [1.165, 1.54) is 0 Å². The summed E-state index contributed by atoms with van der Waals surface area (Å²) in [7, 11) is 0. The van der Waals surface area contributed by atoms with Gasteiger partial charge in [-0.15, -0.1) is 0 Å². The molecule has 0 spiro atoms. The molecular formula is C16H20O2. The maximum Gasteiger partial charge on any atom is 0.0945 e. The van der Waals surface area contributed by atoms with Gasteiger partial charge in [0.25, 0.3) is 0 Å². The van der Waals surface area contributed by atoms with Gasteiger partial charge in [-0.2, -0.15) is 0 Å². The Morgan fingerprint density at radius 1 is 1.22 bits per heavy atom. The zero-order valence-electron chi connectivity index (χ0n) is 10.9. The van der Waals surface area contributed by atoms with Gasteiger partial charge in [-0.3, -0.25) is 0 Å². The molecule has 0 aromatic heterocycles. The minimum Gasteiger partial charge on any atom is -0.385 e. The van der Waals surface area contributed by atoms with Gasteiger partial charge in [0.1, 0.15) is 0 Å². The lowest BCUT2D eigenvalue weighted by Gasteiger charge is -2.37. The summed E-state index contributed by atoms with van der Waals surface area (Å²) in [5, 5.41) is 10.9. The predicted octanol–water partition coefficient (Wildman–Crippen LogP) is 3.25. The van der Waals surface area contributed by atoms with Crippen molar-refractivity contribution in [1.29, 1.82) is 0 Å². The summed E-state index contributed by atoms with van der Waals surface area (Å²) in [5.74, 6) is 0. The summed E-state index contributed by atoms with van der Waals surface area (Å²) in [6, 6.07) is 8.17. The molecule has 2 bridgehead atoms. The van der Waals surface area contributed by atoms with Gasteiger partial charge < -0.3 is 9.84 Å². The molecule has 96 valence electrons. The van der Waals surface area contributed by atoms with E-state index in [0.717, 1.165) is 42.4 Å². The van der Waals surface area contributed by atoms with Gasteiger partial charge in [-0.1, -0.05) is 36.4 Å². The quantitative estimate of drug-likeness (QED) is 0.865. The van der Waals surface area contributed by atoms with Crippen LogP contribution in [0.1, 0.15) is 43.7 Å². The highest BCUT2D eigenvalue weighted by atomic mass is 16.5. The molecule has 2 aliphatic rings. The molecule has 0 amide bonds. The second-order valence-corrected chi connectivity index (χ2v) is 5.75. The van der Waals surface area contributed by atoms with E-state index in [4.69, 9.17) is 4.74 Å². The van der Waals surface area contributed by atoms with E-state index in [0.29, 0.717) is 0 Å². The molecule has 0 aliphatic carbocycles. The Morgan fingerprint density at radius 2 is 1.78 bits per heavy atom. The van der Waals surface area contributed by atoms with Crippen molar-refractivity contribution in [3.05, 3.63) is 42.0 Å². The summed E-state index contributed by atoms with van der Waals surface area (Å²) in [6.45, 7) is 5.93. The van der Waals surface area contributed by atoms with Crippen molar-refractivity contribution in [2.75, 3.05) is 0 Å². The number of fused-ring (bicyclic) bond motifs is 2. The first-order valence-corrected chi connectivity index (χ1v) is 6.71. The van der Waals surface area contributed by atoms with Crippen molar-refractivity contribution in [2.24, 2.45) is 0 Å². The SMILES string of the molecule is C=C(C)c1ccc(C2(O)CC3CCC(C2)O3)cc1. The van der Waals surface area contributed by atoms with E-state index in [9.17, 15) is 5.11 Å². The molecule has 2 heteroatoms. The highest BCUT2D eigenvalue weighted by molar-refractivity contribution is 5.61. The Morgan fingerprint density at radius 3 is 2.28 bits per heavy atom. The van der Waals surface area contributed by atoms with Crippen LogP contribution in [-0.4, -0.2) is 17.3 Å². The fraction of sp³-hybridized carbons (Fsp3) is 0.500. The van der Waals surface area contributed by atoms with Gasteiger partial charge in [-0.05, 0) is 30.9 Å². The van der Waals surface area contributed by atoms with Crippen molar-refractivity contribution in [3.63, 3.8) is 0 Å². The molecule has 1 aromatic carbocycles. The highest BCUT2D eigenvalue weighted by Crippen LogP contribution is 2.43. The molecule has 2 saturated heterocycles. The molecule has 18 heavy (non-hydrogen) atoms. The first-order valence-electron chi connectivity index (χ1n) is 6.71. The molecule has 2 atom stereocenters. The smallest absolute Gasteiger partial charge is 0.0945 e. The van der Waals surface area contributed by atoms with E-state index in [2.05, 4.69) is 6.58 Å². The average Bonchev–Trinajstić information content (AvgIpc) is 2.69. The van der Waals surface area contributed by atoms with Gasteiger partial charge in [0, 0.05) is 12.8 Å². The predicted molar refractivity (Wildman–Crippen MR) is 72.2 cm³/mol. The van der Waals surface area contributed by atoms with Crippen LogP contribution in [0.25, 0.3) is 5.57 Å². The Bertz CT molecular complexity index is 448. The summed E-state index contributed by atoms with van der Waals surface area (Å²) >= 11 is 0.